The Morgan fingerprint density at radius 3 is 2.38 bits per heavy atom. The first-order chi connectivity index (χ1) is 15.5. The summed E-state index contributed by atoms with van der Waals surface area (Å²) in [7, 11) is 0. The number of rotatable bonds is 8. The molecule has 1 aliphatic carbocycles. The van der Waals surface area contributed by atoms with Crippen LogP contribution >= 0.6 is 0 Å². The fourth-order valence-electron chi connectivity index (χ4n) is 3.64. The summed E-state index contributed by atoms with van der Waals surface area (Å²) in [5.41, 5.74) is 7.12. The second-order valence-corrected chi connectivity index (χ2v) is 7.94. The lowest BCUT2D eigenvalue weighted by Crippen LogP contribution is -2.33. The highest BCUT2D eigenvalue weighted by Crippen LogP contribution is 2.30. The van der Waals surface area contributed by atoms with Crippen LogP contribution < -0.4 is 15.8 Å². The number of nitrogens with one attached hydrogen (secondary N) is 2. The molecule has 2 aromatic carbocycles. The topological polar surface area (TPSA) is 115 Å². The Morgan fingerprint density at radius 2 is 1.72 bits per heavy atom. The van der Waals surface area contributed by atoms with Gasteiger partial charge < -0.3 is 20.5 Å². The van der Waals surface area contributed by atoms with Gasteiger partial charge in [-0.1, -0.05) is 48.5 Å². The number of carbonyl (C=O) groups excluding carboxylic acids is 2. The molecule has 4 N–H and O–H groups in total. The van der Waals surface area contributed by atoms with E-state index in [1.165, 1.54) is 6.08 Å². The van der Waals surface area contributed by atoms with Crippen LogP contribution in [0.25, 0.3) is 6.08 Å². The van der Waals surface area contributed by atoms with Gasteiger partial charge in [0.2, 0.25) is 0 Å². The quantitative estimate of drug-likeness (QED) is 0.248. The van der Waals surface area contributed by atoms with Crippen molar-refractivity contribution in [3.8, 4) is 5.75 Å². The minimum atomic E-state index is -0.419. The molecule has 1 aliphatic rings. The molecule has 1 saturated carbocycles. The van der Waals surface area contributed by atoms with Crippen molar-refractivity contribution >= 4 is 24.0 Å². The molecule has 1 amide bonds. The van der Waals surface area contributed by atoms with Gasteiger partial charge in [-0.2, -0.15) is 0 Å². The average molecular weight is 436 g/mol. The summed E-state index contributed by atoms with van der Waals surface area (Å²) in [6, 6.07) is 16.6. The molecule has 0 aliphatic heterocycles. The number of hydrogen-bond donors (Lipinski definition) is 3. The van der Waals surface area contributed by atoms with E-state index in [1.54, 1.807) is 18.2 Å². The standard InChI is InChI=1S/C25H29N3O4/c26-23(27)15-10-18-8-13-22(14-9-18)32-24(29)21-11-6-19(7-12-21)16-28-25(30)31-17-20-4-2-1-3-5-20/h1-5,8-10,13-15,19,21H,6-7,11-12,16-17H2,(H3,26,27)(H,28,30)/b15-10+. The van der Waals surface area contributed by atoms with Gasteiger partial charge in [-0.15, -0.1) is 0 Å². The minimum Gasteiger partial charge on any atom is -0.445 e. The molecule has 0 atom stereocenters. The summed E-state index contributed by atoms with van der Waals surface area (Å²) in [5, 5.41) is 10.0. The molecule has 168 valence electrons. The van der Waals surface area contributed by atoms with E-state index in [-0.39, 0.29) is 24.3 Å². The normalized spacial score (nSPS) is 18.1. The fourth-order valence-corrected chi connectivity index (χ4v) is 3.64. The van der Waals surface area contributed by atoms with Gasteiger partial charge in [0.25, 0.3) is 0 Å². The monoisotopic (exact) mass is 435 g/mol. The van der Waals surface area contributed by atoms with Crippen molar-refractivity contribution in [2.45, 2.75) is 32.3 Å². The molecule has 0 radical (unpaired) electrons. The molecule has 0 aromatic heterocycles. The molecule has 0 saturated heterocycles. The molecular formula is C25H29N3O4. The van der Waals surface area contributed by atoms with Gasteiger partial charge in [0, 0.05) is 6.54 Å². The average Bonchev–Trinajstić information content (AvgIpc) is 2.82. The number of esters is 1. The Morgan fingerprint density at radius 1 is 1.03 bits per heavy atom. The van der Waals surface area contributed by atoms with Crippen LogP contribution in [-0.2, 0) is 16.1 Å². The van der Waals surface area contributed by atoms with E-state index >= 15 is 0 Å². The predicted octanol–water partition coefficient (Wildman–Crippen LogP) is 4.27. The van der Waals surface area contributed by atoms with Gasteiger partial charge in [-0.3, -0.25) is 10.2 Å². The lowest BCUT2D eigenvalue weighted by molar-refractivity contribution is -0.140. The van der Waals surface area contributed by atoms with E-state index in [9.17, 15) is 9.59 Å². The lowest BCUT2D eigenvalue weighted by Gasteiger charge is -2.27. The number of hydrogen-bond acceptors (Lipinski definition) is 5. The molecule has 32 heavy (non-hydrogen) atoms. The van der Waals surface area contributed by atoms with E-state index in [1.807, 2.05) is 42.5 Å². The second-order valence-electron chi connectivity index (χ2n) is 7.94. The third-order valence-electron chi connectivity index (χ3n) is 5.48. The molecule has 3 rings (SSSR count). The number of carbonyl (C=O) groups is 2. The van der Waals surface area contributed by atoms with E-state index in [2.05, 4.69) is 5.32 Å². The maximum Gasteiger partial charge on any atom is 0.407 e. The summed E-state index contributed by atoms with van der Waals surface area (Å²) < 4.78 is 10.8. The highest BCUT2D eigenvalue weighted by atomic mass is 16.5. The first-order valence-electron chi connectivity index (χ1n) is 10.8. The van der Waals surface area contributed by atoms with Crippen LogP contribution in [-0.4, -0.2) is 24.4 Å². The summed E-state index contributed by atoms with van der Waals surface area (Å²) >= 11 is 0. The van der Waals surface area contributed by atoms with Gasteiger partial charge in [-0.05, 0) is 60.9 Å². The van der Waals surface area contributed by atoms with Crippen LogP contribution in [0, 0.1) is 17.2 Å². The molecule has 1 fully saturated rings. The first-order valence-corrected chi connectivity index (χ1v) is 10.8. The third-order valence-corrected chi connectivity index (χ3v) is 5.48. The molecule has 0 spiro atoms. The van der Waals surface area contributed by atoms with Crippen LogP contribution in [0.5, 0.6) is 5.75 Å². The Bertz CT molecular complexity index is 933. The zero-order chi connectivity index (χ0) is 22.8. The van der Waals surface area contributed by atoms with Gasteiger partial charge in [0.15, 0.2) is 0 Å². The van der Waals surface area contributed by atoms with Crippen molar-refractivity contribution in [2.24, 2.45) is 17.6 Å². The number of amides is 1. The van der Waals surface area contributed by atoms with E-state index in [0.717, 1.165) is 36.8 Å². The van der Waals surface area contributed by atoms with Crippen LogP contribution in [0.1, 0.15) is 36.8 Å². The van der Waals surface area contributed by atoms with E-state index in [0.29, 0.717) is 18.2 Å². The van der Waals surface area contributed by atoms with Gasteiger partial charge in [0.05, 0.1) is 5.92 Å². The molecule has 7 heteroatoms. The Hall–Kier alpha value is -3.61. The number of amidine groups is 1. The Kier molecular flexibility index (Phi) is 8.43. The van der Waals surface area contributed by atoms with Crippen LogP contribution in [0.2, 0.25) is 0 Å². The predicted molar refractivity (Wildman–Crippen MR) is 123 cm³/mol. The largest absolute Gasteiger partial charge is 0.445 e. The van der Waals surface area contributed by atoms with Gasteiger partial charge >= 0.3 is 12.1 Å². The molecule has 0 bridgehead atoms. The van der Waals surface area contributed by atoms with Crippen molar-refractivity contribution in [3.63, 3.8) is 0 Å². The maximum absolute atomic E-state index is 12.5. The Balaban J connectivity index is 1.35. The van der Waals surface area contributed by atoms with Crippen molar-refractivity contribution < 1.29 is 19.1 Å². The number of ether oxygens (including phenoxy) is 2. The van der Waals surface area contributed by atoms with Crippen LogP contribution in [0.4, 0.5) is 4.79 Å². The highest BCUT2D eigenvalue weighted by Gasteiger charge is 2.28. The third kappa shape index (κ3) is 7.58. The number of alkyl carbamates (subject to hydrolysis) is 1. The van der Waals surface area contributed by atoms with Crippen molar-refractivity contribution in [3.05, 3.63) is 71.8 Å². The zero-order valence-electron chi connectivity index (χ0n) is 18.0. The van der Waals surface area contributed by atoms with Crippen molar-refractivity contribution in [2.75, 3.05) is 6.54 Å². The van der Waals surface area contributed by atoms with Crippen molar-refractivity contribution in [1.82, 2.24) is 5.32 Å². The number of nitrogens with two attached hydrogens (primary N) is 1. The second kappa shape index (κ2) is 11.7. The van der Waals surface area contributed by atoms with Crippen LogP contribution in [0.15, 0.2) is 60.7 Å². The van der Waals surface area contributed by atoms with Gasteiger partial charge in [0.1, 0.15) is 18.2 Å². The molecular weight excluding hydrogens is 406 g/mol. The SMILES string of the molecule is N=C(N)/C=C/c1ccc(OC(=O)C2CCC(CNC(=O)OCc3ccccc3)CC2)cc1. The van der Waals surface area contributed by atoms with Gasteiger partial charge in [-0.25, -0.2) is 4.79 Å². The minimum absolute atomic E-state index is 0.0182. The smallest absolute Gasteiger partial charge is 0.407 e. The Labute approximate surface area is 188 Å². The zero-order valence-corrected chi connectivity index (χ0v) is 18.0. The summed E-state index contributed by atoms with van der Waals surface area (Å²) in [4.78, 5) is 24.4. The molecule has 2 aromatic rings. The first kappa shape index (κ1) is 23.1. The summed E-state index contributed by atoms with van der Waals surface area (Å²) in [6.07, 6.45) is 5.99. The van der Waals surface area contributed by atoms with E-state index in [4.69, 9.17) is 20.6 Å². The van der Waals surface area contributed by atoms with Crippen LogP contribution in [0.3, 0.4) is 0 Å². The summed E-state index contributed by atoms with van der Waals surface area (Å²) in [5.74, 6) is 0.463. The molecule has 7 nitrogen and oxygen atoms in total. The maximum atomic E-state index is 12.5. The van der Waals surface area contributed by atoms with Crippen molar-refractivity contribution in [1.29, 1.82) is 5.41 Å². The molecule has 0 heterocycles. The number of benzene rings is 2. The lowest BCUT2D eigenvalue weighted by atomic mass is 9.82. The van der Waals surface area contributed by atoms with E-state index < -0.39 is 6.09 Å². The molecule has 0 unspecified atom stereocenters. The highest BCUT2D eigenvalue weighted by molar-refractivity contribution is 5.92. The summed E-state index contributed by atoms with van der Waals surface area (Å²) in [6.45, 7) is 0.796. The fraction of sp³-hybridized carbons (Fsp3) is 0.320.